The zero-order chi connectivity index (χ0) is 21.6. The molecular formula is C23H23Cl2N5O. The minimum absolute atomic E-state index is 0.343. The van der Waals surface area contributed by atoms with Crippen molar-refractivity contribution in [2.24, 2.45) is 0 Å². The summed E-state index contributed by atoms with van der Waals surface area (Å²) < 4.78 is 7.99. The minimum atomic E-state index is 0.343. The number of anilines is 1. The van der Waals surface area contributed by atoms with Crippen molar-refractivity contribution in [3.63, 3.8) is 0 Å². The van der Waals surface area contributed by atoms with Crippen LogP contribution in [0.2, 0.25) is 10.0 Å². The van der Waals surface area contributed by atoms with Gasteiger partial charge in [-0.25, -0.2) is 4.68 Å². The Bertz CT molecular complexity index is 1180. The molecule has 6 nitrogen and oxygen atoms in total. The van der Waals surface area contributed by atoms with Crippen LogP contribution in [0.15, 0.2) is 54.6 Å². The number of rotatable bonds is 9. The summed E-state index contributed by atoms with van der Waals surface area (Å²) >= 11 is 12.3. The lowest BCUT2D eigenvalue weighted by atomic mass is 10.0. The van der Waals surface area contributed by atoms with Crippen LogP contribution in [-0.4, -0.2) is 20.2 Å². The van der Waals surface area contributed by atoms with Gasteiger partial charge >= 0.3 is 0 Å². The molecule has 0 saturated heterocycles. The van der Waals surface area contributed by atoms with Crippen LogP contribution in [0.25, 0.3) is 10.8 Å². The number of halogens is 2. The van der Waals surface area contributed by atoms with E-state index in [1.807, 2.05) is 30.3 Å². The van der Waals surface area contributed by atoms with Gasteiger partial charge in [0.1, 0.15) is 12.4 Å². The lowest BCUT2D eigenvalue weighted by Gasteiger charge is -2.16. The summed E-state index contributed by atoms with van der Waals surface area (Å²) in [4.78, 5) is 0. The maximum Gasteiger partial charge on any atom is 0.243 e. The summed E-state index contributed by atoms with van der Waals surface area (Å²) in [6.07, 6.45) is 2.10. The van der Waals surface area contributed by atoms with Gasteiger partial charge in [0.15, 0.2) is 0 Å². The molecule has 0 bridgehead atoms. The molecule has 160 valence electrons. The maximum absolute atomic E-state index is 6.32. The van der Waals surface area contributed by atoms with Crippen LogP contribution >= 0.6 is 23.2 Å². The molecule has 1 N–H and O–H groups in total. The molecule has 31 heavy (non-hydrogen) atoms. The van der Waals surface area contributed by atoms with Crippen molar-refractivity contribution in [2.45, 2.75) is 39.5 Å². The fourth-order valence-electron chi connectivity index (χ4n) is 3.38. The van der Waals surface area contributed by atoms with Gasteiger partial charge in [-0.1, -0.05) is 78.0 Å². The second-order valence-corrected chi connectivity index (χ2v) is 8.06. The normalized spacial score (nSPS) is 11.1. The van der Waals surface area contributed by atoms with Gasteiger partial charge < -0.3 is 10.1 Å². The van der Waals surface area contributed by atoms with Crippen molar-refractivity contribution in [1.29, 1.82) is 0 Å². The number of fused-ring (bicyclic) bond motifs is 1. The molecule has 0 aliphatic rings. The molecule has 0 saturated carbocycles. The lowest BCUT2D eigenvalue weighted by Crippen LogP contribution is -2.10. The van der Waals surface area contributed by atoms with E-state index in [1.165, 1.54) is 0 Å². The highest BCUT2D eigenvalue weighted by Crippen LogP contribution is 2.30. The average Bonchev–Trinajstić information content (AvgIpc) is 3.23. The highest BCUT2D eigenvalue weighted by atomic mass is 35.5. The van der Waals surface area contributed by atoms with Gasteiger partial charge in [0.25, 0.3) is 0 Å². The van der Waals surface area contributed by atoms with Crippen LogP contribution in [-0.2, 0) is 19.7 Å². The van der Waals surface area contributed by atoms with Crippen LogP contribution < -0.4 is 10.1 Å². The number of aromatic nitrogens is 4. The standard InChI is InChI=1S/C23H23Cl2N5O/c1-2-3-12-30-23(27-28-29-30)26-14-20-19-7-5-4-6-16(19)9-11-22(20)31-15-17-8-10-18(24)13-21(17)25/h4-11,13H,2-3,12,14-15H2,1H3,(H,26,27,29). The molecule has 0 radical (unpaired) electrons. The third-order valence-corrected chi connectivity index (χ3v) is 5.66. The van der Waals surface area contributed by atoms with Crippen LogP contribution in [0.1, 0.15) is 30.9 Å². The molecule has 0 fully saturated rings. The fourth-order valence-corrected chi connectivity index (χ4v) is 3.85. The predicted molar refractivity (Wildman–Crippen MR) is 125 cm³/mol. The Morgan fingerprint density at radius 3 is 2.77 bits per heavy atom. The molecule has 1 heterocycles. The van der Waals surface area contributed by atoms with Gasteiger partial charge in [0, 0.05) is 34.3 Å². The average molecular weight is 456 g/mol. The lowest BCUT2D eigenvalue weighted by molar-refractivity contribution is 0.304. The largest absolute Gasteiger partial charge is 0.488 e. The molecule has 0 amide bonds. The van der Waals surface area contributed by atoms with E-state index in [9.17, 15) is 0 Å². The van der Waals surface area contributed by atoms with E-state index in [4.69, 9.17) is 27.9 Å². The van der Waals surface area contributed by atoms with Crippen molar-refractivity contribution in [1.82, 2.24) is 20.2 Å². The summed E-state index contributed by atoms with van der Waals surface area (Å²) in [7, 11) is 0. The van der Waals surface area contributed by atoms with Crippen molar-refractivity contribution in [3.8, 4) is 5.75 Å². The number of tetrazole rings is 1. The second kappa shape index (κ2) is 9.98. The first-order valence-corrected chi connectivity index (χ1v) is 11.0. The molecule has 3 aromatic carbocycles. The number of unbranched alkanes of at least 4 members (excludes halogenated alkanes) is 1. The van der Waals surface area contributed by atoms with E-state index >= 15 is 0 Å². The van der Waals surface area contributed by atoms with E-state index in [1.54, 1.807) is 10.7 Å². The van der Waals surface area contributed by atoms with Crippen LogP contribution in [0.3, 0.4) is 0 Å². The van der Waals surface area contributed by atoms with Crippen LogP contribution in [0.5, 0.6) is 5.75 Å². The highest BCUT2D eigenvalue weighted by Gasteiger charge is 2.12. The van der Waals surface area contributed by atoms with Gasteiger partial charge in [-0.05, 0) is 45.8 Å². The molecular weight excluding hydrogens is 433 g/mol. The van der Waals surface area contributed by atoms with Crippen LogP contribution in [0, 0.1) is 0 Å². The molecule has 0 aliphatic heterocycles. The Hall–Kier alpha value is -2.83. The van der Waals surface area contributed by atoms with Crippen LogP contribution in [0.4, 0.5) is 5.95 Å². The molecule has 4 rings (SSSR count). The Kier molecular flexibility index (Phi) is 6.89. The first-order valence-electron chi connectivity index (χ1n) is 10.2. The van der Waals surface area contributed by atoms with Gasteiger partial charge in [0.2, 0.25) is 5.95 Å². The molecule has 0 atom stereocenters. The zero-order valence-electron chi connectivity index (χ0n) is 17.2. The van der Waals surface area contributed by atoms with Gasteiger partial charge in [-0.2, -0.15) is 0 Å². The molecule has 8 heteroatoms. The SMILES string of the molecule is CCCCn1nnnc1NCc1c(OCc2ccc(Cl)cc2Cl)ccc2ccccc12. The summed E-state index contributed by atoms with van der Waals surface area (Å²) in [5.41, 5.74) is 1.91. The van der Waals surface area contributed by atoms with E-state index in [2.05, 4.69) is 46.0 Å². The van der Waals surface area contributed by atoms with E-state index in [0.717, 1.165) is 47.0 Å². The molecule has 4 aromatic rings. The Morgan fingerprint density at radius 2 is 1.94 bits per heavy atom. The van der Waals surface area contributed by atoms with E-state index in [-0.39, 0.29) is 0 Å². The Labute approximate surface area is 191 Å². The number of nitrogens with one attached hydrogen (secondary N) is 1. The summed E-state index contributed by atoms with van der Waals surface area (Å²) in [6, 6.07) is 17.7. The predicted octanol–water partition coefficient (Wildman–Crippen LogP) is 6.12. The summed E-state index contributed by atoms with van der Waals surface area (Å²) in [5.74, 6) is 1.43. The summed E-state index contributed by atoms with van der Waals surface area (Å²) in [5, 5.41) is 18.8. The van der Waals surface area contributed by atoms with Crippen molar-refractivity contribution in [2.75, 3.05) is 5.32 Å². The Morgan fingerprint density at radius 1 is 1.06 bits per heavy atom. The minimum Gasteiger partial charge on any atom is -0.488 e. The number of hydrogen-bond acceptors (Lipinski definition) is 5. The number of hydrogen-bond donors (Lipinski definition) is 1. The van der Waals surface area contributed by atoms with E-state index in [0.29, 0.717) is 29.1 Å². The number of benzene rings is 3. The van der Waals surface area contributed by atoms with Crippen molar-refractivity contribution in [3.05, 3.63) is 75.8 Å². The highest BCUT2D eigenvalue weighted by molar-refractivity contribution is 6.35. The van der Waals surface area contributed by atoms with Gasteiger partial charge in [0.05, 0.1) is 0 Å². The monoisotopic (exact) mass is 455 g/mol. The number of aryl methyl sites for hydroxylation is 1. The second-order valence-electron chi connectivity index (χ2n) is 7.22. The van der Waals surface area contributed by atoms with Crippen molar-refractivity contribution < 1.29 is 4.74 Å². The maximum atomic E-state index is 6.32. The first kappa shape index (κ1) is 21.4. The summed E-state index contributed by atoms with van der Waals surface area (Å²) in [6.45, 7) is 3.79. The Balaban J connectivity index is 1.59. The zero-order valence-corrected chi connectivity index (χ0v) is 18.7. The molecule has 0 aliphatic carbocycles. The quantitative estimate of drug-likeness (QED) is 0.329. The van der Waals surface area contributed by atoms with E-state index < -0.39 is 0 Å². The number of ether oxygens (including phenoxy) is 1. The third kappa shape index (κ3) is 5.09. The van der Waals surface area contributed by atoms with Gasteiger partial charge in [-0.3, -0.25) is 0 Å². The molecule has 0 unspecified atom stereocenters. The molecule has 0 spiro atoms. The third-order valence-electron chi connectivity index (χ3n) is 5.07. The van der Waals surface area contributed by atoms with Crippen molar-refractivity contribution >= 4 is 39.9 Å². The molecule has 1 aromatic heterocycles. The number of nitrogens with zero attached hydrogens (tertiary/aromatic N) is 4. The van der Waals surface area contributed by atoms with Gasteiger partial charge in [-0.15, -0.1) is 0 Å². The first-order chi connectivity index (χ1) is 15.2. The smallest absolute Gasteiger partial charge is 0.243 e. The topological polar surface area (TPSA) is 64.9 Å². The fraction of sp³-hybridized carbons (Fsp3) is 0.261.